The van der Waals surface area contributed by atoms with Gasteiger partial charge in [-0.2, -0.15) is 5.10 Å². The van der Waals surface area contributed by atoms with Crippen LogP contribution in [0.2, 0.25) is 0 Å². The van der Waals surface area contributed by atoms with Gasteiger partial charge in [-0.1, -0.05) is 36.4 Å². The summed E-state index contributed by atoms with van der Waals surface area (Å²) < 4.78 is 13.4. The predicted octanol–water partition coefficient (Wildman–Crippen LogP) is 3.99. The molecule has 6 heteroatoms. The fraction of sp³-hybridized carbons (Fsp3) is 0.364. The summed E-state index contributed by atoms with van der Waals surface area (Å²) >= 11 is 0. The van der Waals surface area contributed by atoms with Crippen LogP contribution in [-0.4, -0.2) is 34.5 Å². The van der Waals surface area contributed by atoms with Gasteiger partial charge in [0.2, 0.25) is 0 Å². The van der Waals surface area contributed by atoms with Crippen molar-refractivity contribution in [3.05, 3.63) is 54.1 Å². The quantitative estimate of drug-likeness (QED) is 0.703. The van der Waals surface area contributed by atoms with Gasteiger partial charge in [0, 0.05) is 6.61 Å². The van der Waals surface area contributed by atoms with Crippen LogP contribution in [-0.2, 0) is 16.1 Å². The molecule has 0 radical (unpaired) electrons. The molecule has 28 heavy (non-hydrogen) atoms. The summed E-state index contributed by atoms with van der Waals surface area (Å²) in [5, 5.41) is 8.50. The zero-order chi connectivity index (χ0) is 19.5. The Labute approximate surface area is 164 Å². The topological polar surface area (TPSA) is 65.4 Å². The minimum absolute atomic E-state index is 0.0183. The van der Waals surface area contributed by atoms with Crippen molar-refractivity contribution >= 4 is 22.6 Å². The number of nitrogens with one attached hydrogen (secondary N) is 1. The highest BCUT2D eigenvalue weighted by molar-refractivity contribution is 6.04. The summed E-state index contributed by atoms with van der Waals surface area (Å²) in [6.45, 7) is 5.21. The van der Waals surface area contributed by atoms with E-state index in [2.05, 4.69) is 17.4 Å². The van der Waals surface area contributed by atoms with Crippen LogP contribution in [0.25, 0.3) is 10.9 Å². The van der Waals surface area contributed by atoms with Crippen molar-refractivity contribution in [1.82, 2.24) is 9.78 Å². The number of anilines is 1. The van der Waals surface area contributed by atoms with Crippen LogP contribution in [0.3, 0.4) is 0 Å². The van der Waals surface area contributed by atoms with E-state index in [1.165, 1.54) is 0 Å². The highest BCUT2D eigenvalue weighted by atomic mass is 16.5. The fourth-order valence-corrected chi connectivity index (χ4v) is 3.50. The Balaban J connectivity index is 1.74. The van der Waals surface area contributed by atoms with Crippen molar-refractivity contribution in [1.29, 1.82) is 0 Å². The van der Waals surface area contributed by atoms with E-state index in [1.807, 2.05) is 54.9 Å². The number of hydrogen-bond donors (Lipinski definition) is 1. The van der Waals surface area contributed by atoms with Crippen LogP contribution in [0, 0.1) is 0 Å². The smallest absolute Gasteiger partial charge is 0.254 e. The summed E-state index contributed by atoms with van der Waals surface area (Å²) in [5.41, 5.74) is 2.06. The summed E-state index contributed by atoms with van der Waals surface area (Å²) in [7, 11) is 0. The molecule has 1 unspecified atom stereocenters. The Kier molecular flexibility index (Phi) is 5.30. The summed E-state index contributed by atoms with van der Waals surface area (Å²) in [4.78, 5) is 12.6. The van der Waals surface area contributed by atoms with E-state index in [9.17, 15) is 4.79 Å². The normalized spacial score (nSPS) is 16.6. The number of fused-ring (bicyclic) bond motifs is 1. The van der Waals surface area contributed by atoms with Gasteiger partial charge in [0.25, 0.3) is 5.91 Å². The molecule has 1 aliphatic heterocycles. The van der Waals surface area contributed by atoms with Crippen LogP contribution in [0.4, 0.5) is 5.82 Å². The van der Waals surface area contributed by atoms with Gasteiger partial charge in [0.05, 0.1) is 23.6 Å². The molecule has 1 aromatic heterocycles. The Morgan fingerprint density at radius 2 is 2.07 bits per heavy atom. The second-order valence-electron chi connectivity index (χ2n) is 7.30. The van der Waals surface area contributed by atoms with Crippen molar-refractivity contribution in [2.45, 2.75) is 45.4 Å². The van der Waals surface area contributed by atoms with Crippen molar-refractivity contribution in [3.8, 4) is 5.75 Å². The molecular formula is C22H25N3O3. The fourth-order valence-electron chi connectivity index (χ4n) is 3.50. The Bertz CT molecular complexity index is 960. The van der Waals surface area contributed by atoms with Crippen LogP contribution in [0.1, 0.15) is 32.3 Å². The van der Waals surface area contributed by atoms with Crippen LogP contribution in [0.5, 0.6) is 5.75 Å². The maximum Gasteiger partial charge on any atom is 0.254 e. The molecule has 2 heterocycles. The molecule has 1 amide bonds. The van der Waals surface area contributed by atoms with Crippen LogP contribution in [0.15, 0.2) is 48.5 Å². The number of nitrogens with zero attached hydrogens (tertiary/aromatic N) is 2. The number of carbonyl (C=O) groups excluding carboxylic acids is 1. The minimum atomic E-state index is -0.410. The molecule has 1 fully saturated rings. The lowest BCUT2D eigenvalue weighted by molar-refractivity contribution is -0.124. The first-order valence-corrected chi connectivity index (χ1v) is 9.74. The van der Waals surface area contributed by atoms with E-state index in [0.717, 1.165) is 35.1 Å². The van der Waals surface area contributed by atoms with Gasteiger partial charge >= 0.3 is 0 Å². The van der Waals surface area contributed by atoms with Gasteiger partial charge in [-0.25, -0.2) is 0 Å². The third-order valence-electron chi connectivity index (χ3n) is 4.74. The zero-order valence-corrected chi connectivity index (χ0v) is 16.2. The van der Waals surface area contributed by atoms with Gasteiger partial charge in [0.15, 0.2) is 5.82 Å². The standard InChI is InChI=1S/C22H25N3O3/c1-15(2)28-18-11-6-10-17-20(18)21(23-22(26)19-12-7-13-27-19)24-25(17)14-16-8-4-3-5-9-16/h3-6,8-11,15,19H,7,12-14H2,1-2H3,(H,23,24,26). The summed E-state index contributed by atoms with van der Waals surface area (Å²) in [6.07, 6.45) is 1.25. The second kappa shape index (κ2) is 8.02. The van der Waals surface area contributed by atoms with Gasteiger partial charge in [0.1, 0.15) is 11.9 Å². The maximum absolute atomic E-state index is 12.6. The van der Waals surface area contributed by atoms with E-state index < -0.39 is 6.10 Å². The van der Waals surface area contributed by atoms with Crippen molar-refractivity contribution < 1.29 is 14.3 Å². The first-order valence-electron chi connectivity index (χ1n) is 9.74. The molecule has 3 aromatic rings. The molecule has 4 rings (SSSR count). The second-order valence-corrected chi connectivity index (χ2v) is 7.30. The molecule has 1 saturated heterocycles. The lowest BCUT2D eigenvalue weighted by Gasteiger charge is -2.12. The van der Waals surface area contributed by atoms with Crippen molar-refractivity contribution in [2.75, 3.05) is 11.9 Å². The van der Waals surface area contributed by atoms with Crippen LogP contribution < -0.4 is 10.1 Å². The van der Waals surface area contributed by atoms with Gasteiger partial charge in [-0.05, 0) is 44.4 Å². The zero-order valence-electron chi connectivity index (χ0n) is 16.2. The van der Waals surface area contributed by atoms with Gasteiger partial charge in [-0.3, -0.25) is 9.48 Å². The molecule has 146 valence electrons. The number of benzene rings is 2. The molecule has 1 aliphatic rings. The number of aromatic nitrogens is 2. The number of rotatable bonds is 6. The molecule has 1 N–H and O–H groups in total. The number of carbonyl (C=O) groups is 1. The highest BCUT2D eigenvalue weighted by Gasteiger charge is 2.26. The van der Waals surface area contributed by atoms with E-state index >= 15 is 0 Å². The maximum atomic E-state index is 12.6. The molecule has 0 bridgehead atoms. The Morgan fingerprint density at radius 3 is 2.79 bits per heavy atom. The van der Waals surface area contributed by atoms with Gasteiger partial charge in [-0.15, -0.1) is 0 Å². The molecule has 0 aliphatic carbocycles. The molecule has 6 nitrogen and oxygen atoms in total. The summed E-state index contributed by atoms with van der Waals surface area (Å²) in [5.74, 6) is 1.08. The third-order valence-corrected chi connectivity index (χ3v) is 4.74. The molecular weight excluding hydrogens is 354 g/mol. The lowest BCUT2D eigenvalue weighted by Crippen LogP contribution is -2.27. The van der Waals surface area contributed by atoms with Crippen molar-refractivity contribution in [3.63, 3.8) is 0 Å². The number of ether oxygens (including phenoxy) is 2. The Hall–Kier alpha value is -2.86. The van der Waals surface area contributed by atoms with E-state index in [4.69, 9.17) is 14.6 Å². The van der Waals surface area contributed by atoms with E-state index in [-0.39, 0.29) is 12.0 Å². The predicted molar refractivity (Wildman–Crippen MR) is 109 cm³/mol. The van der Waals surface area contributed by atoms with Gasteiger partial charge < -0.3 is 14.8 Å². The minimum Gasteiger partial charge on any atom is -0.490 e. The van der Waals surface area contributed by atoms with Crippen LogP contribution >= 0.6 is 0 Å². The molecule has 0 saturated carbocycles. The number of amides is 1. The van der Waals surface area contributed by atoms with Crippen molar-refractivity contribution in [2.24, 2.45) is 0 Å². The molecule has 1 atom stereocenters. The average molecular weight is 379 g/mol. The Morgan fingerprint density at radius 1 is 1.25 bits per heavy atom. The number of hydrogen-bond acceptors (Lipinski definition) is 4. The SMILES string of the molecule is CC(C)Oc1cccc2c1c(NC(=O)C1CCCO1)nn2Cc1ccccc1. The molecule has 0 spiro atoms. The van der Waals surface area contributed by atoms with E-state index in [1.54, 1.807) is 0 Å². The summed E-state index contributed by atoms with van der Waals surface area (Å²) in [6, 6.07) is 16.0. The lowest BCUT2D eigenvalue weighted by atomic mass is 10.2. The third kappa shape index (κ3) is 3.87. The first kappa shape index (κ1) is 18.5. The largest absolute Gasteiger partial charge is 0.490 e. The average Bonchev–Trinajstić information content (AvgIpc) is 3.32. The highest BCUT2D eigenvalue weighted by Crippen LogP contribution is 2.33. The monoisotopic (exact) mass is 379 g/mol. The molecule has 2 aromatic carbocycles. The first-order chi connectivity index (χ1) is 13.6. The van der Waals surface area contributed by atoms with E-state index in [0.29, 0.717) is 19.0 Å².